The standard InChI is InChI=1S/C20H17N3OS/c24-18-13-17(22-20-23(18)11-12-25-20)14-21-19(15-7-3-1-4-8-15)16-9-5-2-6-10-16/h1-13,19,21H,14H2/p+1. The lowest BCUT2D eigenvalue weighted by atomic mass is 9.99. The quantitative estimate of drug-likeness (QED) is 0.603. The average molecular weight is 348 g/mol. The molecule has 0 amide bonds. The Kier molecular flexibility index (Phi) is 4.41. The lowest BCUT2D eigenvalue weighted by molar-refractivity contribution is -0.702. The number of hydrogen-bond acceptors (Lipinski definition) is 3. The molecule has 2 aromatic heterocycles. The van der Waals surface area contributed by atoms with E-state index >= 15 is 0 Å². The van der Waals surface area contributed by atoms with E-state index in [1.807, 2.05) is 17.5 Å². The van der Waals surface area contributed by atoms with Gasteiger partial charge in [0, 0.05) is 28.8 Å². The molecule has 0 saturated heterocycles. The third-order valence-corrected chi connectivity index (χ3v) is 4.99. The summed E-state index contributed by atoms with van der Waals surface area (Å²) in [6.07, 6.45) is 1.76. The Hall–Kier alpha value is -2.76. The highest BCUT2D eigenvalue weighted by atomic mass is 32.1. The highest BCUT2D eigenvalue weighted by Gasteiger charge is 2.17. The van der Waals surface area contributed by atoms with Gasteiger partial charge >= 0.3 is 0 Å². The van der Waals surface area contributed by atoms with Gasteiger partial charge in [0.2, 0.25) is 0 Å². The topological polar surface area (TPSA) is 51.0 Å². The molecule has 0 unspecified atom stereocenters. The summed E-state index contributed by atoms with van der Waals surface area (Å²) >= 11 is 1.48. The van der Waals surface area contributed by atoms with E-state index in [2.05, 4.69) is 58.8 Å². The van der Waals surface area contributed by atoms with E-state index in [9.17, 15) is 4.79 Å². The minimum Gasteiger partial charge on any atom is -0.331 e. The predicted octanol–water partition coefficient (Wildman–Crippen LogP) is 2.61. The highest BCUT2D eigenvalue weighted by molar-refractivity contribution is 7.15. The number of fused-ring (bicyclic) bond motifs is 1. The van der Waals surface area contributed by atoms with Crippen LogP contribution >= 0.6 is 11.3 Å². The summed E-state index contributed by atoms with van der Waals surface area (Å²) < 4.78 is 1.58. The molecular weight excluding hydrogens is 330 g/mol. The molecular formula is C20H18N3OS+. The molecule has 2 heterocycles. The van der Waals surface area contributed by atoms with Gasteiger partial charge in [0.1, 0.15) is 18.3 Å². The van der Waals surface area contributed by atoms with E-state index in [4.69, 9.17) is 0 Å². The van der Waals surface area contributed by atoms with Crippen LogP contribution in [-0.4, -0.2) is 9.38 Å². The van der Waals surface area contributed by atoms with E-state index in [1.165, 1.54) is 22.5 Å². The Labute approximate surface area is 149 Å². The van der Waals surface area contributed by atoms with Crippen LogP contribution in [0.3, 0.4) is 0 Å². The molecule has 4 nitrogen and oxygen atoms in total. The molecule has 4 rings (SSSR count). The van der Waals surface area contributed by atoms with Gasteiger partial charge in [0.25, 0.3) is 5.56 Å². The molecule has 0 aliphatic heterocycles. The van der Waals surface area contributed by atoms with Gasteiger partial charge in [-0.25, -0.2) is 4.98 Å². The third kappa shape index (κ3) is 3.38. The molecule has 0 aliphatic rings. The molecule has 0 atom stereocenters. The molecule has 2 N–H and O–H groups in total. The van der Waals surface area contributed by atoms with Crippen LogP contribution in [0.5, 0.6) is 0 Å². The second-order valence-electron chi connectivity index (χ2n) is 5.88. The Bertz CT molecular complexity index is 985. The van der Waals surface area contributed by atoms with E-state index in [0.717, 1.165) is 10.7 Å². The Balaban J connectivity index is 1.63. The molecule has 0 bridgehead atoms. The maximum Gasteiger partial charge on any atom is 0.258 e. The normalized spacial score (nSPS) is 11.2. The Morgan fingerprint density at radius 3 is 2.28 bits per heavy atom. The van der Waals surface area contributed by atoms with Crippen molar-refractivity contribution < 1.29 is 5.32 Å². The molecule has 0 fully saturated rings. The monoisotopic (exact) mass is 348 g/mol. The summed E-state index contributed by atoms with van der Waals surface area (Å²) in [4.78, 5) is 17.5. The number of benzene rings is 2. The summed E-state index contributed by atoms with van der Waals surface area (Å²) in [5, 5.41) is 4.12. The smallest absolute Gasteiger partial charge is 0.258 e. The molecule has 0 saturated carbocycles. The number of rotatable bonds is 5. The van der Waals surface area contributed by atoms with Crippen molar-refractivity contribution in [3.63, 3.8) is 0 Å². The minimum absolute atomic E-state index is 0.0226. The highest BCUT2D eigenvalue weighted by Crippen LogP contribution is 2.18. The van der Waals surface area contributed by atoms with Crippen LogP contribution in [0, 0.1) is 0 Å². The molecule has 2 aromatic carbocycles. The van der Waals surface area contributed by atoms with Crippen LogP contribution < -0.4 is 10.9 Å². The minimum atomic E-state index is -0.0226. The van der Waals surface area contributed by atoms with Crippen molar-refractivity contribution in [2.24, 2.45) is 0 Å². The molecule has 0 radical (unpaired) electrons. The van der Waals surface area contributed by atoms with Crippen molar-refractivity contribution in [3.05, 3.63) is 105 Å². The van der Waals surface area contributed by atoms with Gasteiger partial charge in [-0.15, -0.1) is 11.3 Å². The molecule has 5 heteroatoms. The average Bonchev–Trinajstić information content (AvgIpc) is 3.13. The molecule has 4 aromatic rings. The second-order valence-corrected chi connectivity index (χ2v) is 6.75. The zero-order valence-corrected chi connectivity index (χ0v) is 14.4. The van der Waals surface area contributed by atoms with Crippen molar-refractivity contribution in [2.75, 3.05) is 0 Å². The SMILES string of the molecule is O=c1cc(C[NH2+]C(c2ccccc2)c2ccccc2)nc2sccn12. The van der Waals surface area contributed by atoms with Gasteiger partial charge < -0.3 is 5.32 Å². The van der Waals surface area contributed by atoms with Crippen molar-refractivity contribution >= 4 is 16.3 Å². The molecule has 124 valence electrons. The fourth-order valence-corrected chi connectivity index (χ4v) is 3.76. The summed E-state index contributed by atoms with van der Waals surface area (Å²) in [5.74, 6) is 0. The van der Waals surface area contributed by atoms with Crippen molar-refractivity contribution in [3.8, 4) is 0 Å². The lowest BCUT2D eigenvalue weighted by Gasteiger charge is -2.16. The first-order chi connectivity index (χ1) is 12.3. The van der Waals surface area contributed by atoms with Gasteiger partial charge in [-0.1, -0.05) is 60.7 Å². The number of nitrogens with zero attached hydrogens (tertiary/aromatic N) is 2. The zero-order chi connectivity index (χ0) is 17.1. The van der Waals surface area contributed by atoms with Gasteiger partial charge in [0.15, 0.2) is 4.96 Å². The number of nitrogens with two attached hydrogens (primary N) is 1. The second kappa shape index (κ2) is 7.01. The summed E-state index contributed by atoms with van der Waals surface area (Å²) in [7, 11) is 0. The number of aromatic nitrogens is 2. The fraction of sp³-hybridized carbons (Fsp3) is 0.100. The predicted molar refractivity (Wildman–Crippen MR) is 99.7 cm³/mol. The zero-order valence-electron chi connectivity index (χ0n) is 13.6. The van der Waals surface area contributed by atoms with Crippen molar-refractivity contribution in [1.82, 2.24) is 9.38 Å². The van der Waals surface area contributed by atoms with Gasteiger partial charge in [0.05, 0.1) is 0 Å². The van der Waals surface area contributed by atoms with Crippen LogP contribution in [0.25, 0.3) is 4.96 Å². The molecule has 0 aliphatic carbocycles. The van der Waals surface area contributed by atoms with Gasteiger partial charge in [-0.2, -0.15) is 0 Å². The maximum atomic E-state index is 12.2. The van der Waals surface area contributed by atoms with Crippen LogP contribution in [0.15, 0.2) is 83.1 Å². The summed E-state index contributed by atoms with van der Waals surface area (Å²) in [6.45, 7) is 0.651. The summed E-state index contributed by atoms with van der Waals surface area (Å²) in [6, 6.07) is 22.6. The number of hydrogen-bond donors (Lipinski definition) is 1. The largest absolute Gasteiger partial charge is 0.331 e. The number of quaternary nitrogens is 1. The first-order valence-electron chi connectivity index (χ1n) is 8.20. The van der Waals surface area contributed by atoms with Crippen LogP contribution in [0.1, 0.15) is 22.9 Å². The van der Waals surface area contributed by atoms with Gasteiger partial charge in [-0.05, 0) is 0 Å². The Morgan fingerprint density at radius 1 is 1.00 bits per heavy atom. The van der Waals surface area contributed by atoms with Crippen molar-refractivity contribution in [1.29, 1.82) is 0 Å². The fourth-order valence-electron chi connectivity index (χ4n) is 3.02. The first kappa shape index (κ1) is 15.7. The van der Waals surface area contributed by atoms with E-state index in [-0.39, 0.29) is 11.6 Å². The first-order valence-corrected chi connectivity index (χ1v) is 9.08. The van der Waals surface area contributed by atoms with Crippen LogP contribution in [-0.2, 0) is 6.54 Å². The van der Waals surface area contributed by atoms with E-state index in [0.29, 0.717) is 6.54 Å². The molecule has 0 spiro atoms. The molecule has 25 heavy (non-hydrogen) atoms. The Morgan fingerprint density at radius 2 is 1.64 bits per heavy atom. The van der Waals surface area contributed by atoms with Crippen LogP contribution in [0.2, 0.25) is 0 Å². The summed E-state index contributed by atoms with van der Waals surface area (Å²) in [5.41, 5.74) is 3.26. The third-order valence-electron chi connectivity index (χ3n) is 4.24. The van der Waals surface area contributed by atoms with E-state index < -0.39 is 0 Å². The van der Waals surface area contributed by atoms with Gasteiger partial charge in [-0.3, -0.25) is 9.20 Å². The van der Waals surface area contributed by atoms with Crippen LogP contribution in [0.4, 0.5) is 0 Å². The van der Waals surface area contributed by atoms with Crippen molar-refractivity contribution in [2.45, 2.75) is 12.6 Å². The lowest BCUT2D eigenvalue weighted by Crippen LogP contribution is -2.84. The maximum absolute atomic E-state index is 12.2. The van der Waals surface area contributed by atoms with E-state index in [1.54, 1.807) is 16.7 Å². The number of thiazole rings is 1.